The Labute approximate surface area is 107 Å². The minimum absolute atomic E-state index is 0.0696. The second kappa shape index (κ2) is 5.83. The lowest BCUT2D eigenvalue weighted by atomic mass is 10.3. The summed E-state index contributed by atoms with van der Waals surface area (Å²) in [5, 5.41) is 0. The summed E-state index contributed by atoms with van der Waals surface area (Å²) in [6.45, 7) is 0. The molecule has 0 radical (unpaired) electrons. The number of benzene rings is 1. The maximum absolute atomic E-state index is 11.6. The van der Waals surface area contributed by atoms with Crippen molar-refractivity contribution in [3.8, 4) is 5.75 Å². The highest BCUT2D eigenvalue weighted by Crippen LogP contribution is 2.26. The lowest BCUT2D eigenvalue weighted by Gasteiger charge is -2.11. The van der Waals surface area contributed by atoms with Crippen molar-refractivity contribution in [1.82, 2.24) is 5.43 Å². The summed E-state index contributed by atoms with van der Waals surface area (Å²) in [4.78, 5) is 10.1. The van der Waals surface area contributed by atoms with E-state index in [1.165, 1.54) is 24.5 Å². The molecule has 0 fully saturated rings. The molecule has 2 N–H and O–H groups in total. The standard InChI is InChI=1S/C9H12N2O5S2/c1-17(13)16-7-3-4-8(11-10-6-12)9(5-7)18(2,14)15/h3-6,11H,1-2H3,(H,10,12). The Kier molecular flexibility index (Phi) is 4.68. The van der Waals surface area contributed by atoms with Crippen LogP contribution in [0, 0.1) is 0 Å². The van der Waals surface area contributed by atoms with E-state index in [1.54, 1.807) is 0 Å². The Morgan fingerprint density at radius 1 is 1.39 bits per heavy atom. The van der Waals surface area contributed by atoms with Crippen LogP contribution >= 0.6 is 0 Å². The zero-order chi connectivity index (χ0) is 13.8. The molecule has 1 aromatic carbocycles. The van der Waals surface area contributed by atoms with Gasteiger partial charge in [-0.1, -0.05) is 0 Å². The minimum atomic E-state index is -3.52. The van der Waals surface area contributed by atoms with Gasteiger partial charge in [-0.3, -0.25) is 15.6 Å². The third kappa shape index (κ3) is 4.00. The van der Waals surface area contributed by atoms with Crippen LogP contribution in [0.25, 0.3) is 0 Å². The molecule has 0 aliphatic rings. The van der Waals surface area contributed by atoms with Gasteiger partial charge in [0.15, 0.2) is 9.84 Å². The predicted molar refractivity (Wildman–Crippen MR) is 67.1 cm³/mol. The van der Waals surface area contributed by atoms with E-state index in [-0.39, 0.29) is 16.3 Å². The van der Waals surface area contributed by atoms with Gasteiger partial charge in [-0.2, -0.15) is 0 Å². The number of amides is 1. The summed E-state index contributed by atoms with van der Waals surface area (Å²) in [7, 11) is -3.52. The van der Waals surface area contributed by atoms with Crippen molar-refractivity contribution in [2.45, 2.75) is 4.90 Å². The Balaban J connectivity index is 3.20. The van der Waals surface area contributed by atoms with Crippen LogP contribution in [-0.2, 0) is 25.7 Å². The first kappa shape index (κ1) is 14.5. The number of carbonyl (C=O) groups is 1. The van der Waals surface area contributed by atoms with Gasteiger partial charge in [0.05, 0.1) is 10.6 Å². The van der Waals surface area contributed by atoms with Crippen LogP contribution in [0.3, 0.4) is 0 Å². The van der Waals surface area contributed by atoms with Crippen LogP contribution in [0.15, 0.2) is 23.1 Å². The average molecular weight is 292 g/mol. The van der Waals surface area contributed by atoms with Crippen LogP contribution in [0.4, 0.5) is 5.69 Å². The summed E-state index contributed by atoms with van der Waals surface area (Å²) < 4.78 is 38.9. The predicted octanol–water partition coefficient (Wildman–Crippen LogP) is -0.165. The Bertz CT molecular complexity index is 570. The number of carbonyl (C=O) groups excluding carboxylic acids is 1. The van der Waals surface area contributed by atoms with Crippen molar-refractivity contribution in [3.05, 3.63) is 18.2 Å². The molecule has 0 saturated carbocycles. The van der Waals surface area contributed by atoms with Gasteiger partial charge in [0, 0.05) is 18.6 Å². The summed E-state index contributed by atoms with van der Waals surface area (Å²) in [6, 6.07) is 4.06. The summed E-state index contributed by atoms with van der Waals surface area (Å²) in [6.07, 6.45) is 2.71. The van der Waals surface area contributed by atoms with E-state index in [2.05, 4.69) is 10.9 Å². The number of hydrazine groups is 1. The van der Waals surface area contributed by atoms with Crippen LogP contribution in [0.5, 0.6) is 5.75 Å². The zero-order valence-corrected chi connectivity index (χ0v) is 11.3. The monoisotopic (exact) mass is 292 g/mol. The van der Waals surface area contributed by atoms with E-state index < -0.39 is 20.9 Å². The largest absolute Gasteiger partial charge is 0.401 e. The molecule has 18 heavy (non-hydrogen) atoms. The normalized spacial score (nSPS) is 12.6. The molecule has 0 spiro atoms. The molecule has 0 aliphatic heterocycles. The van der Waals surface area contributed by atoms with Crippen molar-refractivity contribution in [3.63, 3.8) is 0 Å². The second-order valence-electron chi connectivity index (χ2n) is 3.30. The number of rotatable bonds is 6. The van der Waals surface area contributed by atoms with E-state index >= 15 is 0 Å². The maximum atomic E-state index is 11.6. The van der Waals surface area contributed by atoms with Crippen molar-refractivity contribution in [1.29, 1.82) is 0 Å². The van der Waals surface area contributed by atoms with E-state index in [9.17, 15) is 17.4 Å². The summed E-state index contributed by atoms with van der Waals surface area (Å²) >= 11 is -1.55. The van der Waals surface area contributed by atoms with Gasteiger partial charge in [0.2, 0.25) is 17.5 Å². The second-order valence-corrected chi connectivity index (χ2v) is 6.26. The van der Waals surface area contributed by atoms with Gasteiger partial charge in [-0.15, -0.1) is 0 Å². The SMILES string of the molecule is CS(=O)Oc1ccc(NNC=O)c(S(C)(=O)=O)c1. The fourth-order valence-electron chi connectivity index (χ4n) is 1.21. The van der Waals surface area contributed by atoms with Crippen LogP contribution in [0.2, 0.25) is 0 Å². The highest BCUT2D eigenvalue weighted by Gasteiger charge is 2.15. The van der Waals surface area contributed by atoms with Gasteiger partial charge < -0.3 is 4.18 Å². The average Bonchev–Trinajstić information content (AvgIpc) is 2.25. The first-order valence-electron chi connectivity index (χ1n) is 4.65. The molecule has 0 saturated heterocycles. The highest BCUT2D eigenvalue weighted by atomic mass is 32.2. The van der Waals surface area contributed by atoms with Gasteiger partial charge >= 0.3 is 0 Å². The fourth-order valence-corrected chi connectivity index (χ4v) is 2.43. The minimum Gasteiger partial charge on any atom is -0.401 e. The molecule has 7 nitrogen and oxygen atoms in total. The third-order valence-corrected chi connectivity index (χ3v) is 3.40. The first-order valence-corrected chi connectivity index (χ1v) is 8.03. The van der Waals surface area contributed by atoms with Gasteiger partial charge in [0.25, 0.3) is 0 Å². The van der Waals surface area contributed by atoms with Crippen molar-refractivity contribution >= 4 is 33.0 Å². The lowest BCUT2D eigenvalue weighted by Crippen LogP contribution is -2.20. The first-order chi connectivity index (χ1) is 8.34. The molecular formula is C9H12N2O5S2. The zero-order valence-electron chi connectivity index (χ0n) is 9.67. The van der Waals surface area contributed by atoms with Crippen LogP contribution in [0.1, 0.15) is 0 Å². The molecule has 0 aliphatic carbocycles. The quantitative estimate of drug-likeness (QED) is 0.558. The van der Waals surface area contributed by atoms with E-state index in [0.29, 0.717) is 6.41 Å². The molecule has 100 valence electrons. The Morgan fingerprint density at radius 3 is 2.56 bits per heavy atom. The Hall–Kier alpha value is -1.61. The maximum Gasteiger partial charge on any atom is 0.225 e. The van der Waals surface area contributed by atoms with Crippen molar-refractivity contribution in [2.75, 3.05) is 17.9 Å². The van der Waals surface area contributed by atoms with Gasteiger partial charge in [0.1, 0.15) is 5.75 Å². The molecule has 9 heteroatoms. The molecule has 0 aromatic heterocycles. The van der Waals surface area contributed by atoms with Crippen molar-refractivity contribution < 1.29 is 21.6 Å². The van der Waals surface area contributed by atoms with Crippen LogP contribution in [-0.4, -0.2) is 31.5 Å². The Morgan fingerprint density at radius 2 is 2.06 bits per heavy atom. The van der Waals surface area contributed by atoms with Crippen molar-refractivity contribution in [2.24, 2.45) is 0 Å². The van der Waals surface area contributed by atoms with Gasteiger partial charge in [-0.25, -0.2) is 12.6 Å². The number of sulfone groups is 1. The molecule has 1 atom stereocenters. The molecule has 1 amide bonds. The molecule has 1 unspecified atom stereocenters. The molecule has 0 bridgehead atoms. The molecule has 1 aromatic rings. The molecular weight excluding hydrogens is 280 g/mol. The highest BCUT2D eigenvalue weighted by molar-refractivity contribution is 7.90. The van der Waals surface area contributed by atoms with E-state index in [4.69, 9.17) is 4.18 Å². The van der Waals surface area contributed by atoms with Crippen LogP contribution < -0.4 is 15.0 Å². The summed E-state index contributed by atoms with van der Waals surface area (Å²) in [5.74, 6) is 0.160. The van der Waals surface area contributed by atoms with Gasteiger partial charge in [-0.05, 0) is 12.1 Å². The van der Waals surface area contributed by atoms with E-state index in [0.717, 1.165) is 6.26 Å². The number of hydrogen-bond donors (Lipinski definition) is 2. The molecule has 1 rings (SSSR count). The topological polar surface area (TPSA) is 102 Å². The fraction of sp³-hybridized carbons (Fsp3) is 0.222. The molecule has 0 heterocycles. The lowest BCUT2D eigenvalue weighted by molar-refractivity contribution is -0.109. The number of hydrogen-bond acceptors (Lipinski definition) is 6. The smallest absolute Gasteiger partial charge is 0.225 e. The van der Waals surface area contributed by atoms with E-state index in [1.807, 2.05) is 0 Å². The number of nitrogens with one attached hydrogen (secondary N) is 2. The third-order valence-electron chi connectivity index (χ3n) is 1.83. The number of anilines is 1. The summed E-state index contributed by atoms with van der Waals surface area (Å²) in [5.41, 5.74) is 4.76.